The predicted molar refractivity (Wildman–Crippen MR) is 26.8 cm³/mol. The summed E-state index contributed by atoms with van der Waals surface area (Å²) < 4.78 is 29.1. The van der Waals surface area contributed by atoms with Crippen LogP contribution >= 0.6 is 0 Å². The third kappa shape index (κ3) is 5.32. The Morgan fingerprint density at radius 1 is 1.78 bits per heavy atom. The van der Waals surface area contributed by atoms with Crippen LogP contribution in [0.5, 0.6) is 0 Å². The van der Waals surface area contributed by atoms with Crippen LogP contribution in [0.1, 0.15) is 1.43 Å². The van der Waals surface area contributed by atoms with Gasteiger partial charge < -0.3 is 6.16 Å². The van der Waals surface area contributed by atoms with E-state index in [1.54, 1.807) is 0 Å². The van der Waals surface area contributed by atoms with Crippen LogP contribution in [0, 0.1) is 0 Å². The maximum absolute atomic E-state index is 10.2. The molecule has 0 radical (unpaired) electrons. The summed E-state index contributed by atoms with van der Waals surface area (Å²) in [6.07, 6.45) is 0.499. The minimum absolute atomic E-state index is 0. The summed E-state index contributed by atoms with van der Waals surface area (Å²) in [4.78, 5) is 0. The topological polar surface area (TPSA) is 55.9 Å². The maximum Gasteiger partial charge on any atom is 1.00 e. The fraction of sp³-hybridized carbons (Fsp3) is 1.00. The summed E-state index contributed by atoms with van der Waals surface area (Å²) in [6.45, 7) is 0.396. The van der Waals surface area contributed by atoms with E-state index >= 15 is 0 Å². The van der Waals surface area contributed by atoms with E-state index in [4.69, 9.17) is 0 Å². The van der Waals surface area contributed by atoms with Gasteiger partial charge in [0.1, 0.15) is 6.61 Å². The van der Waals surface area contributed by atoms with E-state index < -0.39 is 16.4 Å². The third-order valence-electron chi connectivity index (χ3n) is 0.585. The molecule has 1 unspecified atom stereocenters. The van der Waals surface area contributed by atoms with Gasteiger partial charge in [-0.15, -0.1) is 0 Å². The summed E-state index contributed by atoms with van der Waals surface area (Å²) in [7, 11) is -3.29. The molecule has 1 rings (SSSR count). The van der Waals surface area contributed by atoms with Crippen LogP contribution in [0.25, 0.3) is 0 Å². The number of hydrogen-bond donors (Lipinski definition) is 0. The Kier molecular flexibility index (Phi) is 3.64. The van der Waals surface area contributed by atoms with Gasteiger partial charge in [-0.2, -0.15) is 8.42 Å². The second-order valence-electron chi connectivity index (χ2n) is 1.56. The molecule has 0 aromatic heterocycles. The molecule has 0 bridgehead atoms. The van der Waals surface area contributed by atoms with E-state index in [0.717, 1.165) is 6.26 Å². The first-order valence-electron chi connectivity index (χ1n) is 2.08. The second-order valence-corrected chi connectivity index (χ2v) is 3.16. The molecule has 0 aromatic carbocycles. The predicted octanol–water partition coefficient (Wildman–Crippen LogP) is -3.56. The van der Waals surface area contributed by atoms with Crippen molar-refractivity contribution in [2.24, 2.45) is 0 Å². The van der Waals surface area contributed by atoms with Crippen LogP contribution in [-0.4, -0.2) is 27.6 Å². The normalized spacial score (nSPS) is 24.8. The Hall–Kier alpha value is 0.870. The number of epoxide rings is 1. The molecule has 1 atom stereocenters. The number of ether oxygens (including phenoxy) is 1. The summed E-state index contributed by atoms with van der Waals surface area (Å²) in [5.74, 6) is 0. The van der Waals surface area contributed by atoms with Gasteiger partial charge in [0.2, 0.25) is 0 Å². The van der Waals surface area contributed by atoms with Crippen LogP contribution < -0.4 is 29.6 Å². The Morgan fingerprint density at radius 3 is 2.33 bits per heavy atom. The fourth-order valence-electron chi connectivity index (χ4n) is 0.290. The van der Waals surface area contributed by atoms with E-state index in [2.05, 4.69) is 8.92 Å². The molecule has 0 aromatic rings. The molecule has 1 saturated heterocycles. The number of rotatable bonds is 2. The molecule has 1 heterocycles. The molecule has 6 heteroatoms. The molecule has 0 aliphatic carbocycles. The molecule has 50 valence electrons. The second kappa shape index (κ2) is 3.32. The maximum atomic E-state index is 10.2. The number of hydrogen-bond acceptors (Lipinski definition) is 4. The Balaban J connectivity index is 0. The fourth-order valence-corrected chi connectivity index (χ4v) is 0.791. The molecule has 4 nitrogen and oxygen atoms in total. The summed E-state index contributed by atoms with van der Waals surface area (Å²) in [5.41, 5.74) is 0. The van der Waals surface area contributed by atoms with Crippen molar-refractivity contribution in [2.45, 2.75) is 6.29 Å². The summed E-state index contributed by atoms with van der Waals surface area (Å²) >= 11 is 0. The molecule has 0 spiro atoms. The Bertz CT molecular complexity index is 175. The minimum Gasteiger partial charge on any atom is -1.00 e. The zero-order chi connectivity index (χ0) is 6.20. The van der Waals surface area contributed by atoms with Crippen LogP contribution in [-0.2, 0) is 19.0 Å². The quantitative estimate of drug-likeness (QED) is 0.239. The molecule has 1 aliphatic rings. The average molecular weight is 162 g/mol. The van der Waals surface area contributed by atoms with Gasteiger partial charge in [-0.25, -0.2) is 4.18 Å². The van der Waals surface area contributed by atoms with E-state index in [0.29, 0.717) is 6.61 Å². The average Bonchev–Trinajstić information content (AvgIpc) is 2.12. The van der Waals surface area contributed by atoms with Crippen LogP contribution in [0.15, 0.2) is 0 Å². The van der Waals surface area contributed by atoms with Crippen molar-refractivity contribution in [3.8, 4) is 0 Å². The van der Waals surface area contributed by atoms with Gasteiger partial charge in [0.05, 0.1) is 6.26 Å². The van der Waals surface area contributed by atoms with Gasteiger partial charge in [-0.3, -0.25) is 0 Å². The molecular formula is C3H7NaO4S. The SMILES string of the molecule is CS(=O)(=O)OC1CO1.[H-].[Na+]. The first-order valence-corrected chi connectivity index (χ1v) is 3.89. The van der Waals surface area contributed by atoms with Crippen molar-refractivity contribution in [2.75, 3.05) is 12.9 Å². The van der Waals surface area contributed by atoms with Crippen molar-refractivity contribution in [1.29, 1.82) is 0 Å². The molecule has 0 amide bonds. The third-order valence-corrected chi connectivity index (χ3v) is 1.15. The molecular weight excluding hydrogens is 155 g/mol. The van der Waals surface area contributed by atoms with Gasteiger partial charge in [0, 0.05) is 0 Å². The monoisotopic (exact) mass is 162 g/mol. The van der Waals surface area contributed by atoms with Crippen molar-refractivity contribution < 1.29 is 48.3 Å². The molecule has 0 N–H and O–H groups in total. The minimum atomic E-state index is -3.29. The standard InChI is InChI=1S/C3H6O4S.Na.H/c1-8(4,5)7-3-2-6-3;;/h3H,2H2,1H3;;/q;+1;-1. The molecule has 1 aliphatic heterocycles. The van der Waals surface area contributed by atoms with Crippen molar-refractivity contribution in [1.82, 2.24) is 0 Å². The van der Waals surface area contributed by atoms with E-state index in [9.17, 15) is 8.42 Å². The van der Waals surface area contributed by atoms with E-state index in [-0.39, 0.29) is 31.0 Å². The summed E-state index contributed by atoms with van der Waals surface area (Å²) in [5, 5.41) is 0. The Labute approximate surface area is 77.4 Å². The van der Waals surface area contributed by atoms with Gasteiger partial charge in [-0.1, -0.05) is 0 Å². The van der Waals surface area contributed by atoms with Gasteiger partial charge in [-0.05, 0) is 0 Å². The van der Waals surface area contributed by atoms with Crippen LogP contribution in [0.2, 0.25) is 0 Å². The largest absolute Gasteiger partial charge is 1.00 e. The Morgan fingerprint density at radius 2 is 2.22 bits per heavy atom. The van der Waals surface area contributed by atoms with Crippen molar-refractivity contribution >= 4 is 10.1 Å². The first-order chi connectivity index (χ1) is 3.58. The zero-order valence-electron chi connectivity index (χ0n) is 6.33. The van der Waals surface area contributed by atoms with Crippen molar-refractivity contribution in [3.05, 3.63) is 0 Å². The van der Waals surface area contributed by atoms with Crippen molar-refractivity contribution in [3.63, 3.8) is 0 Å². The molecule has 9 heavy (non-hydrogen) atoms. The van der Waals surface area contributed by atoms with Crippen LogP contribution in [0.4, 0.5) is 0 Å². The smallest absolute Gasteiger partial charge is 1.00 e. The van der Waals surface area contributed by atoms with Crippen LogP contribution in [0.3, 0.4) is 0 Å². The first kappa shape index (κ1) is 9.87. The summed E-state index contributed by atoms with van der Waals surface area (Å²) in [6, 6.07) is 0. The molecule has 0 saturated carbocycles. The van der Waals surface area contributed by atoms with Gasteiger partial charge >= 0.3 is 29.6 Å². The van der Waals surface area contributed by atoms with E-state index in [1.807, 2.05) is 0 Å². The van der Waals surface area contributed by atoms with E-state index in [1.165, 1.54) is 0 Å². The van der Waals surface area contributed by atoms with Gasteiger partial charge in [0.25, 0.3) is 10.1 Å². The zero-order valence-corrected chi connectivity index (χ0v) is 8.14. The van der Waals surface area contributed by atoms with Gasteiger partial charge in [0.15, 0.2) is 6.29 Å². The molecule has 1 fully saturated rings.